The molecule has 1 saturated heterocycles. The summed E-state index contributed by atoms with van der Waals surface area (Å²) in [4.78, 5) is 0. The number of benzene rings is 1. The second-order valence-corrected chi connectivity index (χ2v) is 3.75. The van der Waals surface area contributed by atoms with E-state index in [1.807, 2.05) is 18.2 Å². The van der Waals surface area contributed by atoms with Crippen LogP contribution in [0.3, 0.4) is 0 Å². The summed E-state index contributed by atoms with van der Waals surface area (Å²) >= 11 is 0. The molecule has 0 unspecified atom stereocenters. The van der Waals surface area contributed by atoms with Gasteiger partial charge in [-0.1, -0.05) is 18.2 Å². The molecule has 0 atom stereocenters. The molecule has 0 spiro atoms. The molecule has 1 N–H and O–H groups in total. The van der Waals surface area contributed by atoms with Crippen molar-refractivity contribution in [3.05, 3.63) is 29.8 Å². The average molecular weight is 207 g/mol. The van der Waals surface area contributed by atoms with Crippen molar-refractivity contribution in [2.24, 2.45) is 0 Å². The lowest BCUT2D eigenvalue weighted by atomic mass is 10.1. The van der Waals surface area contributed by atoms with E-state index in [9.17, 15) is 0 Å². The van der Waals surface area contributed by atoms with Crippen LogP contribution in [0.2, 0.25) is 0 Å². The van der Waals surface area contributed by atoms with Gasteiger partial charge in [-0.15, -0.1) is 0 Å². The minimum atomic E-state index is 0.555. The van der Waals surface area contributed by atoms with E-state index in [0.29, 0.717) is 6.04 Å². The van der Waals surface area contributed by atoms with Crippen molar-refractivity contribution < 1.29 is 9.47 Å². The summed E-state index contributed by atoms with van der Waals surface area (Å²) in [6.07, 6.45) is 1.00. The molecule has 0 amide bonds. The van der Waals surface area contributed by atoms with Crippen LogP contribution >= 0.6 is 0 Å². The van der Waals surface area contributed by atoms with E-state index >= 15 is 0 Å². The molecule has 0 aliphatic carbocycles. The van der Waals surface area contributed by atoms with Gasteiger partial charge in [-0.25, -0.2) is 0 Å². The lowest BCUT2D eigenvalue weighted by Crippen LogP contribution is -2.46. The van der Waals surface area contributed by atoms with E-state index in [0.717, 1.165) is 31.9 Å². The molecule has 1 aromatic carbocycles. The van der Waals surface area contributed by atoms with Gasteiger partial charge in [0.15, 0.2) is 0 Å². The highest BCUT2D eigenvalue weighted by Crippen LogP contribution is 2.17. The Bertz CT molecular complexity index is 310. The van der Waals surface area contributed by atoms with Gasteiger partial charge in [-0.05, 0) is 24.6 Å². The van der Waals surface area contributed by atoms with Crippen LogP contribution in [-0.2, 0) is 11.2 Å². The second kappa shape index (κ2) is 5.14. The molecule has 0 aromatic heterocycles. The zero-order chi connectivity index (χ0) is 10.5. The van der Waals surface area contributed by atoms with Gasteiger partial charge < -0.3 is 14.8 Å². The SMILES string of the molecule is COc1ccccc1CCNC1COC1. The molecule has 1 aliphatic rings. The summed E-state index contributed by atoms with van der Waals surface area (Å²) in [5, 5.41) is 3.44. The Kier molecular flexibility index (Phi) is 3.59. The molecular weight excluding hydrogens is 190 g/mol. The van der Waals surface area contributed by atoms with Crippen molar-refractivity contribution in [2.45, 2.75) is 12.5 Å². The first-order valence-corrected chi connectivity index (χ1v) is 5.33. The second-order valence-electron chi connectivity index (χ2n) is 3.75. The minimum absolute atomic E-state index is 0.555. The number of methoxy groups -OCH3 is 1. The van der Waals surface area contributed by atoms with E-state index in [-0.39, 0.29) is 0 Å². The van der Waals surface area contributed by atoms with E-state index in [1.165, 1.54) is 5.56 Å². The van der Waals surface area contributed by atoms with Crippen LogP contribution in [0.25, 0.3) is 0 Å². The molecule has 15 heavy (non-hydrogen) atoms. The number of hydrogen-bond acceptors (Lipinski definition) is 3. The zero-order valence-corrected chi connectivity index (χ0v) is 9.03. The highest BCUT2D eigenvalue weighted by molar-refractivity contribution is 5.33. The molecule has 0 saturated carbocycles. The summed E-state index contributed by atoms with van der Waals surface area (Å²) in [6, 6.07) is 8.71. The summed E-state index contributed by atoms with van der Waals surface area (Å²) in [5.41, 5.74) is 1.26. The third-order valence-electron chi connectivity index (χ3n) is 2.66. The van der Waals surface area contributed by atoms with Gasteiger partial charge in [0.2, 0.25) is 0 Å². The average Bonchev–Trinajstić information content (AvgIpc) is 2.22. The predicted octanol–water partition coefficient (Wildman–Crippen LogP) is 1.23. The van der Waals surface area contributed by atoms with Crippen LogP contribution < -0.4 is 10.1 Å². The number of para-hydroxylation sites is 1. The lowest BCUT2D eigenvalue weighted by Gasteiger charge is -2.27. The first kappa shape index (κ1) is 10.5. The quantitative estimate of drug-likeness (QED) is 0.787. The third-order valence-corrected chi connectivity index (χ3v) is 2.66. The summed E-state index contributed by atoms with van der Waals surface area (Å²) in [6.45, 7) is 2.69. The zero-order valence-electron chi connectivity index (χ0n) is 9.03. The number of hydrogen-bond donors (Lipinski definition) is 1. The normalized spacial score (nSPS) is 16.1. The first-order valence-electron chi connectivity index (χ1n) is 5.33. The fourth-order valence-corrected chi connectivity index (χ4v) is 1.67. The fourth-order valence-electron chi connectivity index (χ4n) is 1.67. The van der Waals surface area contributed by atoms with Crippen molar-refractivity contribution in [1.29, 1.82) is 0 Å². The monoisotopic (exact) mass is 207 g/mol. The molecule has 0 bridgehead atoms. The van der Waals surface area contributed by atoms with E-state index in [2.05, 4.69) is 11.4 Å². The summed E-state index contributed by atoms with van der Waals surface area (Å²) in [5.74, 6) is 0.976. The molecule has 1 fully saturated rings. The molecule has 1 heterocycles. The van der Waals surface area contributed by atoms with Crippen molar-refractivity contribution in [2.75, 3.05) is 26.9 Å². The van der Waals surface area contributed by atoms with E-state index < -0.39 is 0 Å². The molecule has 82 valence electrons. The van der Waals surface area contributed by atoms with Gasteiger partial charge in [0.25, 0.3) is 0 Å². The topological polar surface area (TPSA) is 30.5 Å². The van der Waals surface area contributed by atoms with Crippen LogP contribution in [0.5, 0.6) is 5.75 Å². The van der Waals surface area contributed by atoms with Crippen molar-refractivity contribution in [3.8, 4) is 5.75 Å². The highest BCUT2D eigenvalue weighted by atomic mass is 16.5. The number of ether oxygens (including phenoxy) is 2. The highest BCUT2D eigenvalue weighted by Gasteiger charge is 2.16. The smallest absolute Gasteiger partial charge is 0.122 e. The maximum atomic E-state index is 5.29. The van der Waals surface area contributed by atoms with E-state index in [4.69, 9.17) is 9.47 Å². The Labute approximate surface area is 90.4 Å². The van der Waals surface area contributed by atoms with E-state index in [1.54, 1.807) is 7.11 Å². The Balaban J connectivity index is 1.81. The first-order chi connectivity index (χ1) is 7.40. The van der Waals surface area contributed by atoms with Gasteiger partial charge in [0.1, 0.15) is 5.75 Å². The maximum Gasteiger partial charge on any atom is 0.122 e. The molecule has 0 radical (unpaired) electrons. The van der Waals surface area contributed by atoms with Crippen LogP contribution in [0, 0.1) is 0 Å². The Morgan fingerprint density at radius 1 is 1.40 bits per heavy atom. The molecule has 1 aromatic rings. The van der Waals surface area contributed by atoms with Crippen molar-refractivity contribution >= 4 is 0 Å². The third kappa shape index (κ3) is 2.70. The summed E-state index contributed by atoms with van der Waals surface area (Å²) in [7, 11) is 1.71. The Hall–Kier alpha value is -1.06. The van der Waals surface area contributed by atoms with Gasteiger partial charge in [-0.3, -0.25) is 0 Å². The fraction of sp³-hybridized carbons (Fsp3) is 0.500. The van der Waals surface area contributed by atoms with Gasteiger partial charge in [-0.2, -0.15) is 0 Å². The van der Waals surface area contributed by atoms with Crippen molar-refractivity contribution in [1.82, 2.24) is 5.32 Å². The molecule has 1 aliphatic heterocycles. The maximum absolute atomic E-state index is 5.29. The van der Waals surface area contributed by atoms with Gasteiger partial charge in [0.05, 0.1) is 26.4 Å². The van der Waals surface area contributed by atoms with Crippen LogP contribution in [-0.4, -0.2) is 32.9 Å². The summed E-state index contributed by atoms with van der Waals surface area (Å²) < 4.78 is 10.4. The van der Waals surface area contributed by atoms with Gasteiger partial charge >= 0.3 is 0 Å². The predicted molar refractivity (Wildman–Crippen MR) is 59.3 cm³/mol. The molecule has 2 rings (SSSR count). The van der Waals surface area contributed by atoms with Gasteiger partial charge in [0, 0.05) is 0 Å². The molecule has 3 heteroatoms. The van der Waals surface area contributed by atoms with Crippen LogP contribution in [0.4, 0.5) is 0 Å². The number of nitrogens with one attached hydrogen (secondary N) is 1. The van der Waals surface area contributed by atoms with Crippen LogP contribution in [0.1, 0.15) is 5.56 Å². The molecule has 3 nitrogen and oxygen atoms in total. The lowest BCUT2D eigenvalue weighted by molar-refractivity contribution is -0.00468. The minimum Gasteiger partial charge on any atom is -0.496 e. The molecular formula is C12H17NO2. The Morgan fingerprint density at radius 3 is 2.87 bits per heavy atom. The largest absolute Gasteiger partial charge is 0.496 e. The Morgan fingerprint density at radius 2 is 2.20 bits per heavy atom. The van der Waals surface area contributed by atoms with Crippen molar-refractivity contribution in [3.63, 3.8) is 0 Å². The number of rotatable bonds is 5. The standard InChI is InChI=1S/C12H17NO2/c1-14-12-5-3-2-4-10(12)6-7-13-11-8-15-9-11/h2-5,11,13H,6-9H2,1H3. The van der Waals surface area contributed by atoms with Crippen LogP contribution in [0.15, 0.2) is 24.3 Å².